The van der Waals surface area contributed by atoms with Crippen LogP contribution in [0.25, 0.3) is 22.2 Å². The van der Waals surface area contributed by atoms with E-state index in [0.29, 0.717) is 6.42 Å². The Morgan fingerprint density at radius 3 is 2.60 bits per heavy atom. The first kappa shape index (κ1) is 19.0. The Morgan fingerprint density at radius 1 is 1.20 bits per heavy atom. The van der Waals surface area contributed by atoms with Gasteiger partial charge in [0.1, 0.15) is 5.52 Å². The number of aliphatic carboxylic acids is 1. The summed E-state index contributed by atoms with van der Waals surface area (Å²) in [5.74, 6) is -1.34. The molecule has 0 fully saturated rings. The molecular weight excluding hydrogens is 338 g/mol. The number of hydrogen-bond donors (Lipinski definition) is 1. The lowest BCUT2D eigenvalue weighted by Gasteiger charge is -2.25. The second kappa shape index (κ2) is 7.28. The van der Waals surface area contributed by atoms with E-state index < -0.39 is 11.9 Å². The minimum Gasteiger partial charge on any atom is -0.481 e. The first-order valence-electron chi connectivity index (χ1n) is 8.00. The van der Waals surface area contributed by atoms with E-state index in [-0.39, 0.29) is 17.8 Å². The zero-order valence-electron chi connectivity index (χ0n) is 14.5. The molecule has 25 heavy (non-hydrogen) atoms. The van der Waals surface area contributed by atoms with Crippen LogP contribution in [-0.2, 0) is 4.79 Å². The van der Waals surface area contributed by atoms with E-state index in [9.17, 15) is 9.90 Å². The summed E-state index contributed by atoms with van der Waals surface area (Å²) in [6, 6.07) is 13.5. The second-order valence-corrected chi connectivity index (χ2v) is 7.28. The Balaban J connectivity index is 0.00000225. The van der Waals surface area contributed by atoms with Gasteiger partial charge < -0.3 is 9.52 Å². The molecule has 1 N–H and O–H groups in total. The molecule has 0 saturated heterocycles. The molecule has 0 aliphatic carbocycles. The van der Waals surface area contributed by atoms with Gasteiger partial charge in [0.05, 0.1) is 5.92 Å². The minimum atomic E-state index is -0.792. The number of halogens is 1. The summed E-state index contributed by atoms with van der Waals surface area (Å²) in [5.41, 5.74) is 4.13. The van der Waals surface area contributed by atoms with Gasteiger partial charge in [0.2, 0.25) is 0 Å². The van der Waals surface area contributed by atoms with Crippen molar-refractivity contribution in [1.82, 2.24) is 4.98 Å². The highest BCUT2D eigenvalue weighted by Crippen LogP contribution is 2.37. The lowest BCUT2D eigenvalue weighted by atomic mass is 9.79. The summed E-state index contributed by atoms with van der Waals surface area (Å²) in [6.45, 7) is 6.19. The number of fused-ring (bicyclic) bond motifs is 1. The number of hydrogen-bond acceptors (Lipinski definition) is 3. The Labute approximate surface area is 153 Å². The van der Waals surface area contributed by atoms with Crippen molar-refractivity contribution in [2.45, 2.75) is 33.1 Å². The molecule has 0 bridgehead atoms. The Bertz CT molecular complexity index is 880. The lowest BCUT2D eigenvalue weighted by molar-refractivity contribution is -0.139. The van der Waals surface area contributed by atoms with Gasteiger partial charge in [0.25, 0.3) is 0 Å². The van der Waals surface area contributed by atoms with E-state index >= 15 is 0 Å². The lowest BCUT2D eigenvalue weighted by Crippen LogP contribution is -2.19. The molecule has 1 unspecified atom stereocenters. The van der Waals surface area contributed by atoms with Crippen molar-refractivity contribution in [2.24, 2.45) is 5.41 Å². The maximum absolute atomic E-state index is 11.9. The normalized spacial score (nSPS) is 12.6. The fourth-order valence-electron chi connectivity index (χ4n) is 3.03. The van der Waals surface area contributed by atoms with Gasteiger partial charge in [-0.2, -0.15) is 0 Å². The fourth-order valence-corrected chi connectivity index (χ4v) is 3.03. The minimum absolute atomic E-state index is 0. The highest BCUT2D eigenvalue weighted by Gasteiger charge is 2.28. The molecule has 2 aromatic carbocycles. The van der Waals surface area contributed by atoms with Gasteiger partial charge in [-0.25, -0.2) is 4.98 Å². The molecule has 1 aromatic heterocycles. The molecule has 4 nitrogen and oxygen atoms in total. The zero-order chi connectivity index (χ0) is 17.3. The molecule has 0 saturated carbocycles. The Morgan fingerprint density at radius 2 is 1.92 bits per heavy atom. The van der Waals surface area contributed by atoms with Crippen molar-refractivity contribution in [1.29, 1.82) is 0 Å². The number of nitrogens with zero attached hydrogens (tertiary/aromatic N) is 1. The van der Waals surface area contributed by atoms with Crippen molar-refractivity contribution in [3.8, 4) is 11.1 Å². The molecule has 0 aliphatic rings. The van der Waals surface area contributed by atoms with Gasteiger partial charge in [0, 0.05) is 0 Å². The zero-order valence-corrected chi connectivity index (χ0v) is 15.3. The van der Waals surface area contributed by atoms with E-state index in [1.54, 1.807) is 0 Å². The van der Waals surface area contributed by atoms with E-state index in [4.69, 9.17) is 4.42 Å². The maximum Gasteiger partial charge on any atom is 0.311 e. The van der Waals surface area contributed by atoms with Crippen LogP contribution in [0.2, 0.25) is 0 Å². The van der Waals surface area contributed by atoms with Crippen LogP contribution in [0.15, 0.2) is 53.3 Å². The van der Waals surface area contributed by atoms with Gasteiger partial charge in [-0.05, 0) is 40.7 Å². The third kappa shape index (κ3) is 4.20. The second-order valence-electron chi connectivity index (χ2n) is 7.28. The smallest absolute Gasteiger partial charge is 0.311 e. The van der Waals surface area contributed by atoms with Gasteiger partial charge in [0.15, 0.2) is 12.0 Å². The maximum atomic E-state index is 11.9. The van der Waals surface area contributed by atoms with Gasteiger partial charge in [-0.1, -0.05) is 51.1 Å². The van der Waals surface area contributed by atoms with Crippen LogP contribution in [0.5, 0.6) is 0 Å². The number of carboxylic acids is 1. The third-order valence-electron chi connectivity index (χ3n) is 4.09. The van der Waals surface area contributed by atoms with Crippen molar-refractivity contribution in [2.75, 3.05) is 0 Å². The van der Waals surface area contributed by atoms with Crippen LogP contribution in [-0.4, -0.2) is 16.1 Å². The molecule has 132 valence electrons. The third-order valence-corrected chi connectivity index (χ3v) is 4.09. The predicted octanol–water partition coefficient (Wildman–Crippen LogP) is 5.52. The van der Waals surface area contributed by atoms with Crippen LogP contribution >= 0.6 is 12.4 Å². The number of benzene rings is 2. The first-order chi connectivity index (χ1) is 11.3. The quantitative estimate of drug-likeness (QED) is 0.666. The number of carboxylic acid groups (broad SMARTS) is 1. The number of oxazole rings is 1. The Hall–Kier alpha value is -2.33. The van der Waals surface area contributed by atoms with Gasteiger partial charge in [-0.3, -0.25) is 4.79 Å². The van der Waals surface area contributed by atoms with E-state index in [2.05, 4.69) is 25.8 Å². The van der Waals surface area contributed by atoms with Crippen molar-refractivity contribution >= 4 is 29.5 Å². The molecule has 5 heteroatoms. The molecule has 0 radical (unpaired) electrons. The fraction of sp³-hybridized carbons (Fsp3) is 0.300. The summed E-state index contributed by atoms with van der Waals surface area (Å²) in [5, 5.41) is 9.77. The van der Waals surface area contributed by atoms with Crippen LogP contribution < -0.4 is 0 Å². The largest absolute Gasteiger partial charge is 0.481 e. The van der Waals surface area contributed by atoms with Crippen molar-refractivity contribution in [3.63, 3.8) is 0 Å². The van der Waals surface area contributed by atoms with Crippen molar-refractivity contribution in [3.05, 3.63) is 54.4 Å². The first-order valence-corrected chi connectivity index (χ1v) is 8.00. The van der Waals surface area contributed by atoms with Gasteiger partial charge >= 0.3 is 5.97 Å². The summed E-state index contributed by atoms with van der Waals surface area (Å²) in [4.78, 5) is 16.1. The SMILES string of the molecule is CC(C)(C)CC(C(=O)O)c1ccccc1-c1ccc2ocnc2c1.Cl. The van der Waals surface area contributed by atoms with Crippen LogP contribution in [0.3, 0.4) is 0 Å². The van der Waals surface area contributed by atoms with Crippen LogP contribution in [0.1, 0.15) is 38.7 Å². The summed E-state index contributed by atoms with van der Waals surface area (Å²) < 4.78 is 5.29. The predicted molar refractivity (Wildman–Crippen MR) is 101 cm³/mol. The van der Waals surface area contributed by atoms with Crippen LogP contribution in [0, 0.1) is 5.41 Å². The molecule has 3 aromatic rings. The van der Waals surface area contributed by atoms with E-state index in [1.807, 2.05) is 42.5 Å². The Kier molecular flexibility index (Phi) is 5.53. The average molecular weight is 360 g/mol. The molecule has 1 heterocycles. The van der Waals surface area contributed by atoms with E-state index in [1.165, 1.54) is 6.39 Å². The van der Waals surface area contributed by atoms with Gasteiger partial charge in [-0.15, -0.1) is 12.4 Å². The summed E-state index contributed by atoms with van der Waals surface area (Å²) in [6.07, 6.45) is 1.99. The molecule has 0 spiro atoms. The van der Waals surface area contributed by atoms with Crippen molar-refractivity contribution < 1.29 is 14.3 Å². The molecule has 0 amide bonds. The molecule has 1 atom stereocenters. The standard InChI is InChI=1S/C20H21NO3.ClH/c1-20(2,3)11-16(19(22)23)15-7-5-4-6-14(15)13-8-9-18-17(10-13)21-12-24-18;/h4-10,12,16H,11H2,1-3H3,(H,22,23);1H. The highest BCUT2D eigenvalue weighted by atomic mass is 35.5. The number of aromatic nitrogens is 1. The average Bonchev–Trinajstić information content (AvgIpc) is 2.99. The topological polar surface area (TPSA) is 63.3 Å². The number of rotatable bonds is 4. The molecule has 0 aliphatic heterocycles. The molecular formula is C20H22ClNO3. The number of carbonyl (C=O) groups is 1. The summed E-state index contributed by atoms with van der Waals surface area (Å²) in [7, 11) is 0. The monoisotopic (exact) mass is 359 g/mol. The molecule has 3 rings (SSSR count). The highest BCUT2D eigenvalue weighted by molar-refractivity contribution is 5.85. The van der Waals surface area contributed by atoms with E-state index in [0.717, 1.165) is 27.8 Å². The van der Waals surface area contributed by atoms with Crippen LogP contribution in [0.4, 0.5) is 0 Å². The summed E-state index contributed by atoms with van der Waals surface area (Å²) >= 11 is 0.